The monoisotopic (exact) mass is 207 g/mol. The molecule has 0 saturated carbocycles. The van der Waals surface area contributed by atoms with Gasteiger partial charge in [0.15, 0.2) is 0 Å². The van der Waals surface area contributed by atoms with Crippen LogP contribution in [0.4, 0.5) is 0 Å². The number of nitrogens with one attached hydrogen (secondary N) is 2. The lowest BCUT2D eigenvalue weighted by Crippen LogP contribution is -2.03. The maximum atomic E-state index is 3.26. The molecule has 0 fully saturated rings. The molecule has 2 nitrogen and oxygen atoms in total. The van der Waals surface area contributed by atoms with E-state index in [0.29, 0.717) is 0 Å². The Bertz CT molecular complexity index is 600. The summed E-state index contributed by atoms with van der Waals surface area (Å²) in [6.45, 7) is 0. The maximum Gasteiger partial charge on any atom is 0.0555 e. The van der Waals surface area contributed by atoms with Crippen LogP contribution in [0.1, 0.15) is 5.56 Å². The van der Waals surface area contributed by atoms with Gasteiger partial charge in [0.25, 0.3) is 0 Å². The third kappa shape index (κ3) is 1.44. The van der Waals surface area contributed by atoms with Crippen LogP contribution in [0.25, 0.3) is 16.6 Å². The zero-order valence-electron chi connectivity index (χ0n) is 8.70. The van der Waals surface area contributed by atoms with Crippen LogP contribution in [0.5, 0.6) is 0 Å². The molecule has 2 aromatic rings. The smallest absolute Gasteiger partial charge is 0.0555 e. The summed E-state index contributed by atoms with van der Waals surface area (Å²) in [5.74, 6) is 0. The first-order valence-corrected chi connectivity index (χ1v) is 5.23. The molecule has 2 heterocycles. The van der Waals surface area contributed by atoms with Gasteiger partial charge in [-0.3, -0.25) is 0 Å². The zero-order valence-corrected chi connectivity index (χ0v) is 8.70. The molecule has 16 heavy (non-hydrogen) atoms. The molecule has 3 rings (SSSR count). The molecule has 1 aromatic heterocycles. The van der Waals surface area contributed by atoms with Crippen molar-refractivity contribution < 1.29 is 0 Å². The molecule has 0 atom stereocenters. The Morgan fingerprint density at radius 3 is 3.06 bits per heavy atom. The van der Waals surface area contributed by atoms with Crippen molar-refractivity contribution in [3.8, 4) is 0 Å². The summed E-state index contributed by atoms with van der Waals surface area (Å²) in [5, 5.41) is 4.37. The van der Waals surface area contributed by atoms with Gasteiger partial charge in [-0.2, -0.15) is 0 Å². The molecular weight excluding hydrogens is 196 g/mol. The molecule has 1 aromatic carbocycles. The lowest BCUT2D eigenvalue weighted by molar-refractivity contribution is 1.22. The van der Waals surface area contributed by atoms with Gasteiger partial charge >= 0.3 is 0 Å². The van der Waals surface area contributed by atoms with Gasteiger partial charge in [-0.1, -0.05) is 30.4 Å². The van der Waals surface area contributed by atoms with E-state index < -0.39 is 0 Å². The molecule has 0 spiro atoms. The number of H-pyrrole nitrogens is 1. The van der Waals surface area contributed by atoms with E-state index in [1.165, 1.54) is 0 Å². The number of rotatable bonds is 1. The Labute approximate surface area is 94.0 Å². The SMILES string of the molecule is [c]1c[nH]c2c(C3=CC=CC=CN3)cccc12. The summed E-state index contributed by atoms with van der Waals surface area (Å²) < 4.78 is 0. The van der Waals surface area contributed by atoms with Gasteiger partial charge in [0.1, 0.15) is 0 Å². The fourth-order valence-electron chi connectivity index (χ4n) is 1.86. The molecule has 0 amide bonds. The molecule has 2 N–H and O–H groups in total. The van der Waals surface area contributed by atoms with Gasteiger partial charge in [0.05, 0.1) is 5.52 Å². The summed E-state index contributed by atoms with van der Waals surface area (Å²) in [4.78, 5) is 3.22. The highest BCUT2D eigenvalue weighted by Gasteiger charge is 2.05. The first kappa shape index (κ1) is 9.04. The number of benzene rings is 1. The Morgan fingerprint density at radius 1 is 1.06 bits per heavy atom. The van der Waals surface area contributed by atoms with E-state index in [4.69, 9.17) is 0 Å². The minimum absolute atomic E-state index is 1.09. The second-order valence-corrected chi connectivity index (χ2v) is 3.63. The molecular formula is C14H11N2. The molecule has 1 radical (unpaired) electrons. The summed E-state index contributed by atoms with van der Waals surface area (Å²) >= 11 is 0. The van der Waals surface area contributed by atoms with Crippen LogP contribution < -0.4 is 5.32 Å². The molecule has 2 heteroatoms. The number of allylic oxidation sites excluding steroid dienone is 4. The van der Waals surface area contributed by atoms with Crippen LogP contribution >= 0.6 is 0 Å². The van der Waals surface area contributed by atoms with Crippen molar-refractivity contribution in [3.05, 3.63) is 66.5 Å². The molecule has 77 valence electrons. The van der Waals surface area contributed by atoms with Crippen molar-refractivity contribution in [2.45, 2.75) is 0 Å². The van der Waals surface area contributed by atoms with Crippen LogP contribution in [-0.2, 0) is 0 Å². The summed E-state index contributed by atoms with van der Waals surface area (Å²) in [6, 6.07) is 9.36. The first-order chi connectivity index (χ1) is 7.95. The summed E-state index contributed by atoms with van der Waals surface area (Å²) in [7, 11) is 0. The van der Waals surface area contributed by atoms with E-state index in [2.05, 4.69) is 34.6 Å². The Hall–Kier alpha value is -2.22. The number of aromatic nitrogens is 1. The Morgan fingerprint density at radius 2 is 2.06 bits per heavy atom. The van der Waals surface area contributed by atoms with Crippen LogP contribution in [0.3, 0.4) is 0 Å². The highest BCUT2D eigenvalue weighted by atomic mass is 14.9. The number of hydrogen-bond donors (Lipinski definition) is 2. The zero-order chi connectivity index (χ0) is 10.8. The van der Waals surface area contributed by atoms with Crippen LogP contribution in [0.15, 0.2) is 54.9 Å². The van der Waals surface area contributed by atoms with Gasteiger partial charge in [0, 0.05) is 35.1 Å². The fraction of sp³-hybridized carbons (Fsp3) is 0. The van der Waals surface area contributed by atoms with Crippen molar-refractivity contribution in [2.24, 2.45) is 0 Å². The van der Waals surface area contributed by atoms with Crippen LogP contribution in [-0.4, -0.2) is 4.98 Å². The van der Waals surface area contributed by atoms with Gasteiger partial charge in [-0.15, -0.1) is 0 Å². The van der Waals surface area contributed by atoms with E-state index in [1.807, 2.05) is 36.7 Å². The van der Waals surface area contributed by atoms with Crippen molar-refractivity contribution >= 4 is 16.6 Å². The average Bonchev–Trinajstić information content (AvgIpc) is 2.63. The third-order valence-electron chi connectivity index (χ3n) is 2.62. The van der Waals surface area contributed by atoms with Crippen molar-refractivity contribution in [1.29, 1.82) is 0 Å². The standard InChI is InChI=1S/C14H11N2/c1-2-7-13(15-9-3-1)12-6-4-5-11-8-10-16-14(11)12/h1-7,9-10,15-16H. The minimum Gasteiger partial charge on any atom is -0.361 e. The van der Waals surface area contributed by atoms with E-state index in [1.54, 1.807) is 0 Å². The third-order valence-corrected chi connectivity index (χ3v) is 2.62. The highest BCUT2D eigenvalue weighted by molar-refractivity contribution is 5.91. The van der Waals surface area contributed by atoms with Gasteiger partial charge < -0.3 is 10.3 Å². The molecule has 0 unspecified atom stereocenters. The van der Waals surface area contributed by atoms with Crippen LogP contribution in [0, 0.1) is 6.07 Å². The van der Waals surface area contributed by atoms with Gasteiger partial charge in [-0.05, 0) is 12.2 Å². The normalized spacial score (nSPS) is 14.6. The molecule has 0 saturated heterocycles. The van der Waals surface area contributed by atoms with Crippen LogP contribution in [0.2, 0.25) is 0 Å². The number of hydrogen-bond acceptors (Lipinski definition) is 1. The first-order valence-electron chi connectivity index (χ1n) is 5.23. The largest absolute Gasteiger partial charge is 0.361 e. The second kappa shape index (κ2) is 3.74. The second-order valence-electron chi connectivity index (χ2n) is 3.63. The van der Waals surface area contributed by atoms with Crippen molar-refractivity contribution in [1.82, 2.24) is 10.3 Å². The molecule has 0 bridgehead atoms. The minimum atomic E-state index is 1.09. The number of aromatic amines is 1. The number of para-hydroxylation sites is 1. The highest BCUT2D eigenvalue weighted by Crippen LogP contribution is 2.22. The average molecular weight is 207 g/mol. The van der Waals surface area contributed by atoms with Crippen molar-refractivity contribution in [3.63, 3.8) is 0 Å². The van der Waals surface area contributed by atoms with Crippen molar-refractivity contribution in [2.75, 3.05) is 0 Å². The lowest BCUT2D eigenvalue weighted by Gasteiger charge is -2.07. The molecule has 1 aliphatic heterocycles. The quantitative estimate of drug-likeness (QED) is 0.739. The van der Waals surface area contributed by atoms with E-state index >= 15 is 0 Å². The van der Waals surface area contributed by atoms with E-state index in [0.717, 1.165) is 22.2 Å². The number of fused-ring (bicyclic) bond motifs is 1. The molecule has 1 aliphatic rings. The van der Waals surface area contributed by atoms with E-state index in [-0.39, 0.29) is 0 Å². The molecule has 0 aliphatic carbocycles. The maximum absolute atomic E-state index is 3.26. The Balaban J connectivity index is 2.18. The van der Waals surface area contributed by atoms with Gasteiger partial charge in [0.2, 0.25) is 0 Å². The fourth-order valence-corrected chi connectivity index (χ4v) is 1.86. The summed E-state index contributed by atoms with van der Waals surface area (Å²) in [6.07, 6.45) is 11.8. The van der Waals surface area contributed by atoms with Gasteiger partial charge in [-0.25, -0.2) is 0 Å². The van der Waals surface area contributed by atoms with E-state index in [9.17, 15) is 0 Å². The predicted octanol–water partition coefficient (Wildman–Crippen LogP) is 2.98. The topological polar surface area (TPSA) is 27.8 Å². The lowest BCUT2D eigenvalue weighted by atomic mass is 10.1. The predicted molar refractivity (Wildman–Crippen MR) is 66.5 cm³/mol. The Kier molecular flexibility index (Phi) is 2.11. The summed E-state index contributed by atoms with van der Waals surface area (Å²) in [5.41, 5.74) is 3.37.